The number of aliphatic carboxylic acids is 1. The molecular formula is C7H13NO3S. The molecule has 12 heavy (non-hydrogen) atoms. The summed E-state index contributed by atoms with van der Waals surface area (Å²) in [6, 6.07) is 0.249. The normalized spacial score (nSPS) is 30.0. The molecule has 0 bridgehead atoms. The number of carboxylic acid groups (broad SMARTS) is 1. The van der Waals surface area contributed by atoms with Crippen molar-refractivity contribution >= 4 is 16.8 Å². The molecule has 0 amide bonds. The molecule has 0 aromatic heterocycles. The van der Waals surface area contributed by atoms with Crippen molar-refractivity contribution in [2.45, 2.75) is 18.9 Å². The monoisotopic (exact) mass is 191 g/mol. The minimum Gasteiger partial charge on any atom is -0.480 e. The molecule has 0 radical (unpaired) electrons. The van der Waals surface area contributed by atoms with E-state index in [1.54, 1.807) is 0 Å². The van der Waals surface area contributed by atoms with Crippen LogP contribution in [0.4, 0.5) is 0 Å². The summed E-state index contributed by atoms with van der Waals surface area (Å²) in [4.78, 5) is 10.2. The van der Waals surface area contributed by atoms with E-state index in [9.17, 15) is 9.00 Å². The fourth-order valence-corrected chi connectivity index (χ4v) is 2.53. The lowest BCUT2D eigenvalue weighted by atomic mass is 10.1. The Bertz CT molecular complexity index is 185. The van der Waals surface area contributed by atoms with E-state index in [2.05, 4.69) is 5.32 Å². The maximum absolute atomic E-state index is 10.9. The van der Waals surface area contributed by atoms with Crippen LogP contribution < -0.4 is 5.32 Å². The van der Waals surface area contributed by atoms with Gasteiger partial charge in [0.05, 0.1) is 6.54 Å². The van der Waals surface area contributed by atoms with Gasteiger partial charge in [-0.25, -0.2) is 0 Å². The van der Waals surface area contributed by atoms with E-state index in [4.69, 9.17) is 5.11 Å². The van der Waals surface area contributed by atoms with E-state index in [0.717, 1.165) is 12.8 Å². The third kappa shape index (κ3) is 3.32. The van der Waals surface area contributed by atoms with Gasteiger partial charge < -0.3 is 10.4 Å². The molecule has 1 rings (SSSR count). The molecular weight excluding hydrogens is 178 g/mol. The van der Waals surface area contributed by atoms with Gasteiger partial charge in [0.2, 0.25) is 0 Å². The minimum atomic E-state index is -0.832. The summed E-state index contributed by atoms with van der Waals surface area (Å²) >= 11 is 0. The molecule has 0 spiro atoms. The summed E-state index contributed by atoms with van der Waals surface area (Å²) in [6.07, 6.45) is 1.67. The maximum Gasteiger partial charge on any atom is 0.317 e. The first-order valence-electron chi connectivity index (χ1n) is 3.98. The van der Waals surface area contributed by atoms with E-state index < -0.39 is 16.8 Å². The van der Waals surface area contributed by atoms with Crippen LogP contribution >= 0.6 is 0 Å². The molecule has 0 saturated carbocycles. The van der Waals surface area contributed by atoms with Crippen LogP contribution in [0.1, 0.15) is 12.8 Å². The number of rotatable bonds is 3. The third-order valence-corrected chi connectivity index (χ3v) is 3.31. The first-order chi connectivity index (χ1) is 5.68. The van der Waals surface area contributed by atoms with Gasteiger partial charge in [-0.2, -0.15) is 0 Å². The molecule has 2 N–H and O–H groups in total. The van der Waals surface area contributed by atoms with Crippen molar-refractivity contribution < 1.29 is 14.1 Å². The highest BCUT2D eigenvalue weighted by molar-refractivity contribution is 7.85. The zero-order valence-corrected chi connectivity index (χ0v) is 7.60. The van der Waals surface area contributed by atoms with Gasteiger partial charge in [-0.3, -0.25) is 9.00 Å². The van der Waals surface area contributed by atoms with Crippen LogP contribution in [-0.4, -0.2) is 39.4 Å². The van der Waals surface area contributed by atoms with Crippen LogP contribution in [0.3, 0.4) is 0 Å². The fraction of sp³-hybridized carbons (Fsp3) is 0.857. The Kier molecular flexibility index (Phi) is 3.68. The van der Waals surface area contributed by atoms with Gasteiger partial charge in [-0.05, 0) is 12.8 Å². The van der Waals surface area contributed by atoms with Crippen molar-refractivity contribution in [1.82, 2.24) is 5.32 Å². The molecule has 1 heterocycles. The zero-order valence-electron chi connectivity index (χ0n) is 6.78. The average Bonchev–Trinajstić information content (AvgIpc) is 2.03. The standard InChI is InChI=1S/C7H13NO3S/c9-7(10)5-8-6-1-3-12(11)4-2-6/h6,8H,1-5H2,(H,9,10). The van der Waals surface area contributed by atoms with Crippen molar-refractivity contribution in [2.75, 3.05) is 18.1 Å². The highest BCUT2D eigenvalue weighted by Gasteiger charge is 2.17. The predicted octanol–water partition coefficient (Wildman–Crippen LogP) is -0.428. The first-order valence-corrected chi connectivity index (χ1v) is 5.47. The van der Waals surface area contributed by atoms with Crippen LogP contribution in [0.2, 0.25) is 0 Å². The van der Waals surface area contributed by atoms with Gasteiger partial charge in [-0.1, -0.05) is 0 Å². The van der Waals surface area contributed by atoms with Gasteiger partial charge in [-0.15, -0.1) is 0 Å². The molecule has 4 nitrogen and oxygen atoms in total. The fourth-order valence-electron chi connectivity index (χ4n) is 1.23. The Labute approximate surface area is 73.8 Å². The Morgan fingerprint density at radius 1 is 1.50 bits per heavy atom. The summed E-state index contributed by atoms with van der Waals surface area (Å²) < 4.78 is 10.9. The van der Waals surface area contributed by atoms with Gasteiger partial charge >= 0.3 is 5.97 Å². The maximum atomic E-state index is 10.9. The van der Waals surface area contributed by atoms with Crippen LogP contribution in [0.15, 0.2) is 0 Å². The molecule has 0 aromatic carbocycles. The summed E-state index contributed by atoms with van der Waals surface area (Å²) in [5.74, 6) is 0.580. The second kappa shape index (κ2) is 4.57. The minimum absolute atomic E-state index is 0.0112. The third-order valence-electron chi connectivity index (χ3n) is 1.93. The van der Waals surface area contributed by atoms with Gasteiger partial charge in [0.25, 0.3) is 0 Å². The molecule has 0 atom stereocenters. The summed E-state index contributed by atoms with van der Waals surface area (Å²) in [5, 5.41) is 11.3. The lowest BCUT2D eigenvalue weighted by Crippen LogP contribution is -2.38. The van der Waals surface area contributed by atoms with Crippen LogP contribution in [0.25, 0.3) is 0 Å². The van der Waals surface area contributed by atoms with Gasteiger partial charge in [0, 0.05) is 28.3 Å². The molecule has 0 aliphatic carbocycles. The first kappa shape index (κ1) is 9.67. The Balaban J connectivity index is 2.17. The largest absolute Gasteiger partial charge is 0.480 e. The van der Waals surface area contributed by atoms with Crippen LogP contribution in [0, 0.1) is 0 Å². The summed E-state index contributed by atoms with van der Waals surface area (Å²) in [5.41, 5.74) is 0. The molecule has 1 saturated heterocycles. The number of nitrogens with one attached hydrogen (secondary N) is 1. The SMILES string of the molecule is O=C(O)CNC1CCS(=O)CC1. The van der Waals surface area contributed by atoms with E-state index in [1.165, 1.54) is 0 Å². The molecule has 1 fully saturated rings. The highest BCUT2D eigenvalue weighted by Crippen LogP contribution is 2.08. The Morgan fingerprint density at radius 2 is 2.08 bits per heavy atom. The van der Waals surface area contributed by atoms with E-state index in [1.807, 2.05) is 0 Å². The van der Waals surface area contributed by atoms with Crippen molar-refractivity contribution in [1.29, 1.82) is 0 Å². The quantitative estimate of drug-likeness (QED) is 0.635. The number of hydrogen-bond donors (Lipinski definition) is 2. The second-order valence-corrected chi connectivity index (χ2v) is 4.59. The summed E-state index contributed by atoms with van der Waals surface area (Å²) in [7, 11) is -0.663. The predicted molar refractivity (Wildman–Crippen MR) is 46.5 cm³/mol. The van der Waals surface area contributed by atoms with E-state index >= 15 is 0 Å². The van der Waals surface area contributed by atoms with Gasteiger partial charge in [0.1, 0.15) is 0 Å². The number of hydrogen-bond acceptors (Lipinski definition) is 3. The molecule has 5 heteroatoms. The topological polar surface area (TPSA) is 66.4 Å². The molecule has 70 valence electrons. The van der Waals surface area contributed by atoms with E-state index in [0.29, 0.717) is 11.5 Å². The lowest BCUT2D eigenvalue weighted by molar-refractivity contribution is -0.136. The Morgan fingerprint density at radius 3 is 2.58 bits per heavy atom. The summed E-state index contributed by atoms with van der Waals surface area (Å²) in [6.45, 7) is 0.0112. The van der Waals surface area contributed by atoms with Crippen LogP contribution in [-0.2, 0) is 15.6 Å². The Hall–Kier alpha value is -0.420. The van der Waals surface area contributed by atoms with Crippen LogP contribution in [0.5, 0.6) is 0 Å². The van der Waals surface area contributed by atoms with Crippen molar-refractivity contribution in [2.24, 2.45) is 0 Å². The smallest absolute Gasteiger partial charge is 0.317 e. The molecule has 0 aromatic rings. The molecule has 1 aliphatic heterocycles. The molecule has 1 aliphatic rings. The number of carboxylic acids is 1. The van der Waals surface area contributed by atoms with Crippen molar-refractivity contribution in [3.05, 3.63) is 0 Å². The molecule has 0 unspecified atom stereocenters. The lowest BCUT2D eigenvalue weighted by Gasteiger charge is -2.21. The number of carbonyl (C=O) groups is 1. The van der Waals surface area contributed by atoms with Gasteiger partial charge in [0.15, 0.2) is 0 Å². The van der Waals surface area contributed by atoms with Crippen molar-refractivity contribution in [3.63, 3.8) is 0 Å². The van der Waals surface area contributed by atoms with Crippen molar-refractivity contribution in [3.8, 4) is 0 Å². The average molecular weight is 191 g/mol. The van der Waals surface area contributed by atoms with E-state index in [-0.39, 0.29) is 12.6 Å². The second-order valence-electron chi connectivity index (χ2n) is 2.90. The zero-order chi connectivity index (χ0) is 8.97. The highest BCUT2D eigenvalue weighted by atomic mass is 32.2.